The van der Waals surface area contributed by atoms with Crippen molar-refractivity contribution in [2.45, 2.75) is 19.6 Å². The Labute approximate surface area is 121 Å². The van der Waals surface area contributed by atoms with E-state index in [1.807, 2.05) is 25.1 Å². The maximum absolute atomic E-state index is 12.5. The number of hydrogen-bond acceptors (Lipinski definition) is 2. The van der Waals surface area contributed by atoms with E-state index in [-0.39, 0.29) is 0 Å². The summed E-state index contributed by atoms with van der Waals surface area (Å²) in [5.41, 5.74) is 2.02. The van der Waals surface area contributed by atoms with Gasteiger partial charge in [-0.1, -0.05) is 18.2 Å². The quantitative estimate of drug-likeness (QED) is 0.887. The Morgan fingerprint density at radius 3 is 2.29 bits per heavy atom. The molecule has 21 heavy (non-hydrogen) atoms. The predicted octanol–water partition coefficient (Wildman–Crippen LogP) is 4.63. The zero-order valence-corrected chi connectivity index (χ0v) is 11.8. The number of alkyl halides is 3. The van der Waals surface area contributed by atoms with Gasteiger partial charge < -0.3 is 10.1 Å². The smallest absolute Gasteiger partial charge is 0.416 e. The third kappa shape index (κ3) is 3.90. The number of ether oxygens (including phenoxy) is 1. The van der Waals surface area contributed by atoms with Crippen LogP contribution in [0.3, 0.4) is 0 Å². The molecule has 0 fully saturated rings. The second-order valence-corrected chi connectivity index (χ2v) is 4.75. The van der Waals surface area contributed by atoms with Crippen LogP contribution in [-0.2, 0) is 12.7 Å². The van der Waals surface area contributed by atoms with Crippen molar-refractivity contribution in [1.29, 1.82) is 0 Å². The number of benzene rings is 2. The average molecular weight is 295 g/mol. The van der Waals surface area contributed by atoms with Crippen molar-refractivity contribution in [3.8, 4) is 5.75 Å². The summed E-state index contributed by atoms with van der Waals surface area (Å²) in [4.78, 5) is 0. The van der Waals surface area contributed by atoms with Crippen LogP contribution in [-0.4, -0.2) is 7.11 Å². The van der Waals surface area contributed by atoms with Crippen molar-refractivity contribution in [3.05, 3.63) is 59.2 Å². The normalized spacial score (nSPS) is 11.3. The average Bonchev–Trinajstić information content (AvgIpc) is 2.45. The van der Waals surface area contributed by atoms with Crippen LogP contribution >= 0.6 is 0 Å². The van der Waals surface area contributed by atoms with Crippen LogP contribution in [0.25, 0.3) is 0 Å². The summed E-state index contributed by atoms with van der Waals surface area (Å²) in [5, 5.41) is 3.17. The fraction of sp³-hybridized carbons (Fsp3) is 0.250. The van der Waals surface area contributed by atoms with Crippen LogP contribution in [0.5, 0.6) is 5.75 Å². The minimum absolute atomic E-state index is 0.429. The Kier molecular flexibility index (Phi) is 4.40. The van der Waals surface area contributed by atoms with Gasteiger partial charge in [-0.05, 0) is 42.3 Å². The number of hydrogen-bond donors (Lipinski definition) is 1. The number of anilines is 1. The standard InChI is InChI=1S/C16H16F3NO/c1-11-3-8-15(21-2)14(9-11)20-10-12-4-6-13(7-5-12)16(17,18)19/h3-9,20H,10H2,1-2H3. The predicted molar refractivity (Wildman–Crippen MR) is 76.5 cm³/mol. The maximum atomic E-state index is 12.5. The minimum Gasteiger partial charge on any atom is -0.495 e. The van der Waals surface area contributed by atoms with Crippen LogP contribution in [0.2, 0.25) is 0 Å². The first-order valence-corrected chi connectivity index (χ1v) is 6.45. The Bertz CT molecular complexity index is 606. The molecule has 0 bridgehead atoms. The van der Waals surface area contributed by atoms with Gasteiger partial charge in [0, 0.05) is 6.54 Å². The summed E-state index contributed by atoms with van der Waals surface area (Å²) >= 11 is 0. The van der Waals surface area contributed by atoms with Crippen LogP contribution in [0.1, 0.15) is 16.7 Å². The maximum Gasteiger partial charge on any atom is 0.416 e. The van der Waals surface area contributed by atoms with E-state index in [1.165, 1.54) is 12.1 Å². The minimum atomic E-state index is -4.30. The lowest BCUT2D eigenvalue weighted by Gasteiger charge is -2.13. The molecule has 0 aliphatic carbocycles. The summed E-state index contributed by atoms with van der Waals surface area (Å²) < 4.78 is 42.7. The summed E-state index contributed by atoms with van der Waals surface area (Å²) in [6.07, 6.45) is -4.30. The van der Waals surface area contributed by atoms with Crippen molar-refractivity contribution in [2.24, 2.45) is 0 Å². The van der Waals surface area contributed by atoms with E-state index < -0.39 is 11.7 Å². The van der Waals surface area contributed by atoms with E-state index in [0.717, 1.165) is 28.9 Å². The molecule has 2 rings (SSSR count). The fourth-order valence-corrected chi connectivity index (χ4v) is 1.97. The summed E-state index contributed by atoms with van der Waals surface area (Å²) in [7, 11) is 1.58. The summed E-state index contributed by atoms with van der Waals surface area (Å²) in [5.74, 6) is 0.701. The lowest BCUT2D eigenvalue weighted by molar-refractivity contribution is -0.137. The van der Waals surface area contributed by atoms with Crippen molar-refractivity contribution in [2.75, 3.05) is 12.4 Å². The number of aryl methyl sites for hydroxylation is 1. The molecule has 0 aromatic heterocycles. The van der Waals surface area contributed by atoms with E-state index in [0.29, 0.717) is 12.3 Å². The van der Waals surface area contributed by atoms with Crippen LogP contribution in [0.4, 0.5) is 18.9 Å². The van der Waals surface area contributed by atoms with Gasteiger partial charge in [-0.3, -0.25) is 0 Å². The molecule has 0 aliphatic heterocycles. The summed E-state index contributed by atoms with van der Waals surface area (Å²) in [6.45, 7) is 2.39. The molecule has 0 heterocycles. The van der Waals surface area contributed by atoms with Crippen molar-refractivity contribution < 1.29 is 17.9 Å². The molecule has 0 radical (unpaired) electrons. The van der Waals surface area contributed by atoms with E-state index in [4.69, 9.17) is 4.74 Å². The Hall–Kier alpha value is -2.17. The molecular formula is C16H16F3NO. The second kappa shape index (κ2) is 6.08. The lowest BCUT2D eigenvalue weighted by Crippen LogP contribution is -2.06. The third-order valence-electron chi connectivity index (χ3n) is 3.12. The SMILES string of the molecule is COc1ccc(C)cc1NCc1ccc(C(F)(F)F)cc1. The molecule has 0 atom stereocenters. The number of rotatable bonds is 4. The largest absolute Gasteiger partial charge is 0.495 e. The third-order valence-corrected chi connectivity index (χ3v) is 3.12. The van der Waals surface area contributed by atoms with Gasteiger partial charge in [0.15, 0.2) is 0 Å². The number of methoxy groups -OCH3 is 1. The molecule has 0 saturated heterocycles. The Morgan fingerprint density at radius 2 is 1.71 bits per heavy atom. The van der Waals surface area contributed by atoms with Crippen molar-refractivity contribution >= 4 is 5.69 Å². The summed E-state index contributed by atoms with van der Waals surface area (Å²) in [6, 6.07) is 10.8. The van der Waals surface area contributed by atoms with Gasteiger partial charge in [-0.15, -0.1) is 0 Å². The highest BCUT2D eigenvalue weighted by atomic mass is 19.4. The highest BCUT2D eigenvalue weighted by Gasteiger charge is 2.29. The van der Waals surface area contributed by atoms with Gasteiger partial charge in [0.2, 0.25) is 0 Å². The van der Waals surface area contributed by atoms with Gasteiger partial charge in [-0.25, -0.2) is 0 Å². The zero-order chi connectivity index (χ0) is 15.5. The molecule has 2 nitrogen and oxygen atoms in total. The first-order chi connectivity index (χ1) is 9.90. The van der Waals surface area contributed by atoms with Crippen LogP contribution in [0, 0.1) is 6.92 Å². The molecule has 0 unspecified atom stereocenters. The molecule has 1 N–H and O–H groups in total. The fourth-order valence-electron chi connectivity index (χ4n) is 1.97. The van der Waals surface area contributed by atoms with Gasteiger partial charge >= 0.3 is 6.18 Å². The van der Waals surface area contributed by atoms with Gasteiger partial charge in [0.1, 0.15) is 5.75 Å². The first-order valence-electron chi connectivity index (χ1n) is 6.45. The molecule has 5 heteroatoms. The highest BCUT2D eigenvalue weighted by molar-refractivity contribution is 5.58. The Balaban J connectivity index is 2.08. The lowest BCUT2D eigenvalue weighted by atomic mass is 10.1. The molecule has 2 aromatic rings. The van der Waals surface area contributed by atoms with Gasteiger partial charge in [-0.2, -0.15) is 13.2 Å². The van der Waals surface area contributed by atoms with Crippen LogP contribution < -0.4 is 10.1 Å². The van der Waals surface area contributed by atoms with Gasteiger partial charge in [0.25, 0.3) is 0 Å². The molecule has 2 aromatic carbocycles. The molecule has 0 amide bonds. The van der Waals surface area contributed by atoms with E-state index >= 15 is 0 Å². The number of nitrogens with one attached hydrogen (secondary N) is 1. The molecule has 0 saturated carbocycles. The molecular weight excluding hydrogens is 279 g/mol. The topological polar surface area (TPSA) is 21.3 Å². The molecule has 0 aliphatic rings. The highest BCUT2D eigenvalue weighted by Crippen LogP contribution is 2.29. The number of halogens is 3. The van der Waals surface area contributed by atoms with E-state index in [9.17, 15) is 13.2 Å². The molecule has 112 valence electrons. The van der Waals surface area contributed by atoms with Crippen molar-refractivity contribution in [3.63, 3.8) is 0 Å². The second-order valence-electron chi connectivity index (χ2n) is 4.75. The Morgan fingerprint density at radius 1 is 1.05 bits per heavy atom. The monoisotopic (exact) mass is 295 g/mol. The van der Waals surface area contributed by atoms with Crippen LogP contribution in [0.15, 0.2) is 42.5 Å². The van der Waals surface area contributed by atoms with E-state index in [2.05, 4.69) is 5.32 Å². The van der Waals surface area contributed by atoms with Crippen molar-refractivity contribution in [1.82, 2.24) is 0 Å². The molecule has 0 spiro atoms. The van der Waals surface area contributed by atoms with Gasteiger partial charge in [0.05, 0.1) is 18.4 Å². The zero-order valence-electron chi connectivity index (χ0n) is 11.8. The van der Waals surface area contributed by atoms with E-state index in [1.54, 1.807) is 7.11 Å². The first kappa shape index (κ1) is 15.2.